The summed E-state index contributed by atoms with van der Waals surface area (Å²) in [4.78, 5) is 27.4. The Labute approximate surface area is 161 Å². The van der Waals surface area contributed by atoms with Crippen LogP contribution in [0.25, 0.3) is 0 Å². The van der Waals surface area contributed by atoms with Crippen molar-refractivity contribution in [2.24, 2.45) is 0 Å². The molecule has 0 heterocycles. The summed E-state index contributed by atoms with van der Waals surface area (Å²) in [6.45, 7) is 3.30. The van der Waals surface area contributed by atoms with Crippen molar-refractivity contribution in [3.63, 3.8) is 0 Å². The van der Waals surface area contributed by atoms with Crippen LogP contribution in [0.15, 0.2) is 60.7 Å². The molecule has 0 aliphatic carbocycles. The summed E-state index contributed by atoms with van der Waals surface area (Å²) in [6.07, 6.45) is 1.07. The lowest BCUT2D eigenvalue weighted by molar-refractivity contribution is -0.141. The fourth-order valence-corrected chi connectivity index (χ4v) is 2.94. The fraction of sp³-hybridized carbons (Fsp3) is 0.364. The lowest BCUT2D eigenvalue weighted by atomic mass is 10.0. The number of rotatable bonds is 10. The molecular weight excluding hydrogens is 340 g/mol. The highest BCUT2D eigenvalue weighted by Gasteiger charge is 2.30. The maximum Gasteiger partial charge on any atom is 0.247 e. The van der Waals surface area contributed by atoms with Gasteiger partial charge in [-0.15, -0.1) is 0 Å². The molecule has 0 bridgehead atoms. The Hall–Kier alpha value is -2.66. The van der Waals surface area contributed by atoms with Crippen molar-refractivity contribution < 1.29 is 14.3 Å². The quantitative estimate of drug-likeness (QED) is 0.655. The SMILES string of the molecule is CCC(=O)N(Cc1ccccc1)C(C(=O)NCCCOC)c1ccccc1. The Morgan fingerprint density at radius 2 is 1.67 bits per heavy atom. The van der Waals surface area contributed by atoms with Gasteiger partial charge in [-0.3, -0.25) is 9.59 Å². The Morgan fingerprint density at radius 1 is 1.04 bits per heavy atom. The lowest BCUT2D eigenvalue weighted by Gasteiger charge is -2.31. The molecule has 5 nitrogen and oxygen atoms in total. The number of hydrogen-bond donors (Lipinski definition) is 1. The molecule has 0 fully saturated rings. The molecule has 0 spiro atoms. The van der Waals surface area contributed by atoms with Gasteiger partial charge in [0.2, 0.25) is 11.8 Å². The summed E-state index contributed by atoms with van der Waals surface area (Å²) in [7, 11) is 1.64. The number of nitrogens with zero attached hydrogens (tertiary/aromatic N) is 1. The molecule has 5 heteroatoms. The summed E-state index contributed by atoms with van der Waals surface area (Å²) < 4.78 is 5.04. The standard InChI is InChI=1S/C22H28N2O3/c1-3-20(25)24(17-18-11-6-4-7-12-18)21(19-13-8-5-9-14-19)22(26)23-15-10-16-27-2/h4-9,11-14,21H,3,10,15-17H2,1-2H3,(H,23,26). The molecule has 2 amide bonds. The van der Waals surface area contributed by atoms with Gasteiger partial charge < -0.3 is 15.0 Å². The van der Waals surface area contributed by atoms with Crippen LogP contribution >= 0.6 is 0 Å². The summed E-state index contributed by atoms with van der Waals surface area (Å²) in [5.41, 5.74) is 1.80. The van der Waals surface area contributed by atoms with E-state index in [4.69, 9.17) is 4.74 Å². The zero-order valence-electron chi connectivity index (χ0n) is 16.1. The highest BCUT2D eigenvalue weighted by Crippen LogP contribution is 2.24. The fourth-order valence-electron chi connectivity index (χ4n) is 2.94. The first-order valence-electron chi connectivity index (χ1n) is 9.32. The second-order valence-electron chi connectivity index (χ2n) is 6.31. The first-order chi connectivity index (χ1) is 13.2. The summed E-state index contributed by atoms with van der Waals surface area (Å²) in [6, 6.07) is 18.5. The zero-order chi connectivity index (χ0) is 19.5. The number of carbonyl (C=O) groups excluding carboxylic acids is 2. The molecule has 2 aromatic rings. The van der Waals surface area contributed by atoms with Gasteiger partial charge in [-0.1, -0.05) is 67.6 Å². The molecule has 0 saturated heterocycles. The number of benzene rings is 2. The average Bonchev–Trinajstić information content (AvgIpc) is 2.71. The third-order valence-electron chi connectivity index (χ3n) is 4.32. The maximum atomic E-state index is 13.0. The van der Waals surface area contributed by atoms with E-state index in [-0.39, 0.29) is 11.8 Å². The minimum absolute atomic E-state index is 0.0558. The number of nitrogens with one attached hydrogen (secondary N) is 1. The smallest absolute Gasteiger partial charge is 0.247 e. The van der Waals surface area contributed by atoms with Crippen molar-refractivity contribution in [2.75, 3.05) is 20.3 Å². The topological polar surface area (TPSA) is 58.6 Å². The van der Waals surface area contributed by atoms with Crippen molar-refractivity contribution in [2.45, 2.75) is 32.4 Å². The molecule has 1 N–H and O–H groups in total. The van der Waals surface area contributed by atoms with Crippen LogP contribution in [0.3, 0.4) is 0 Å². The van der Waals surface area contributed by atoms with Crippen LogP contribution in [0.4, 0.5) is 0 Å². The summed E-state index contributed by atoms with van der Waals surface area (Å²) >= 11 is 0. The van der Waals surface area contributed by atoms with Crippen LogP contribution in [0.1, 0.15) is 36.9 Å². The van der Waals surface area contributed by atoms with E-state index in [0.717, 1.165) is 17.5 Å². The number of carbonyl (C=O) groups is 2. The average molecular weight is 368 g/mol. The van der Waals surface area contributed by atoms with Crippen molar-refractivity contribution in [1.29, 1.82) is 0 Å². The Morgan fingerprint density at radius 3 is 2.26 bits per heavy atom. The van der Waals surface area contributed by atoms with E-state index in [1.807, 2.05) is 67.6 Å². The lowest BCUT2D eigenvalue weighted by Crippen LogP contribution is -2.43. The maximum absolute atomic E-state index is 13.0. The molecular formula is C22H28N2O3. The van der Waals surface area contributed by atoms with Gasteiger partial charge in [0.05, 0.1) is 0 Å². The van der Waals surface area contributed by atoms with Gasteiger partial charge in [-0.05, 0) is 17.5 Å². The van der Waals surface area contributed by atoms with E-state index in [1.54, 1.807) is 12.0 Å². The molecule has 0 radical (unpaired) electrons. The third-order valence-corrected chi connectivity index (χ3v) is 4.32. The summed E-state index contributed by atoms with van der Waals surface area (Å²) in [5, 5.41) is 2.95. The molecule has 0 aliphatic heterocycles. The van der Waals surface area contributed by atoms with E-state index >= 15 is 0 Å². The van der Waals surface area contributed by atoms with Gasteiger partial charge in [0, 0.05) is 33.2 Å². The van der Waals surface area contributed by atoms with E-state index in [9.17, 15) is 9.59 Å². The van der Waals surface area contributed by atoms with Gasteiger partial charge >= 0.3 is 0 Å². The van der Waals surface area contributed by atoms with Crippen molar-refractivity contribution >= 4 is 11.8 Å². The van der Waals surface area contributed by atoms with Gasteiger partial charge in [-0.25, -0.2) is 0 Å². The number of amides is 2. The monoisotopic (exact) mass is 368 g/mol. The van der Waals surface area contributed by atoms with Crippen LogP contribution in [0.5, 0.6) is 0 Å². The molecule has 0 aliphatic rings. The van der Waals surface area contributed by atoms with Gasteiger partial charge in [0.15, 0.2) is 0 Å². The molecule has 1 atom stereocenters. The predicted molar refractivity (Wildman–Crippen MR) is 106 cm³/mol. The van der Waals surface area contributed by atoms with Crippen LogP contribution < -0.4 is 5.32 Å². The Kier molecular flexibility index (Phi) is 8.52. The van der Waals surface area contributed by atoms with Gasteiger partial charge in [0.25, 0.3) is 0 Å². The first kappa shape index (κ1) is 20.6. The first-order valence-corrected chi connectivity index (χ1v) is 9.32. The second-order valence-corrected chi connectivity index (χ2v) is 6.31. The Bertz CT molecular complexity index is 704. The predicted octanol–water partition coefficient (Wildman–Crippen LogP) is 3.32. The largest absolute Gasteiger partial charge is 0.385 e. The molecule has 144 valence electrons. The van der Waals surface area contributed by atoms with Crippen molar-refractivity contribution in [3.05, 3.63) is 71.8 Å². The molecule has 2 rings (SSSR count). The molecule has 0 aromatic heterocycles. The normalized spacial score (nSPS) is 11.6. The number of ether oxygens (including phenoxy) is 1. The number of hydrogen-bond acceptors (Lipinski definition) is 3. The van der Waals surface area contributed by atoms with Crippen LogP contribution in [-0.4, -0.2) is 37.0 Å². The van der Waals surface area contributed by atoms with Crippen LogP contribution in [-0.2, 0) is 20.9 Å². The molecule has 0 saturated carbocycles. The highest BCUT2D eigenvalue weighted by atomic mass is 16.5. The third kappa shape index (κ3) is 6.22. The molecule has 27 heavy (non-hydrogen) atoms. The second kappa shape index (κ2) is 11.1. The van der Waals surface area contributed by atoms with E-state index in [2.05, 4.69) is 5.32 Å². The van der Waals surface area contributed by atoms with Gasteiger partial charge in [0.1, 0.15) is 6.04 Å². The molecule has 1 unspecified atom stereocenters. The van der Waals surface area contributed by atoms with E-state index < -0.39 is 6.04 Å². The molecule has 2 aromatic carbocycles. The zero-order valence-corrected chi connectivity index (χ0v) is 16.1. The van der Waals surface area contributed by atoms with Crippen LogP contribution in [0.2, 0.25) is 0 Å². The van der Waals surface area contributed by atoms with Crippen molar-refractivity contribution in [1.82, 2.24) is 10.2 Å². The minimum atomic E-state index is -0.665. The van der Waals surface area contributed by atoms with E-state index in [0.29, 0.717) is 26.1 Å². The van der Waals surface area contributed by atoms with Gasteiger partial charge in [-0.2, -0.15) is 0 Å². The van der Waals surface area contributed by atoms with Crippen molar-refractivity contribution in [3.8, 4) is 0 Å². The van der Waals surface area contributed by atoms with Crippen LogP contribution in [0, 0.1) is 0 Å². The minimum Gasteiger partial charge on any atom is -0.385 e. The van der Waals surface area contributed by atoms with E-state index in [1.165, 1.54) is 0 Å². The summed E-state index contributed by atoms with van der Waals surface area (Å²) in [5.74, 6) is -0.227. The highest BCUT2D eigenvalue weighted by molar-refractivity contribution is 5.88. The Balaban J connectivity index is 2.29. The number of methoxy groups -OCH3 is 1.